The van der Waals surface area contributed by atoms with E-state index in [1.54, 1.807) is 6.07 Å². The lowest BCUT2D eigenvalue weighted by Crippen LogP contribution is -2.55. The number of Topliss-reactive ketones (excluding diaryl/α,β-unsaturated/α-hetero) is 2. The van der Waals surface area contributed by atoms with Crippen molar-refractivity contribution in [2.75, 3.05) is 14.2 Å². The van der Waals surface area contributed by atoms with E-state index < -0.39 is 5.60 Å². The number of hydrogen-bond acceptors (Lipinski definition) is 5. The number of ketones is 2. The van der Waals surface area contributed by atoms with Gasteiger partial charge in [-0.15, -0.1) is 0 Å². The maximum Gasteiger partial charge on any atom is 0.214 e. The summed E-state index contributed by atoms with van der Waals surface area (Å²) in [5.74, 6) is 0.579. The fourth-order valence-corrected chi connectivity index (χ4v) is 4.09. The second-order valence-corrected chi connectivity index (χ2v) is 6.65. The van der Waals surface area contributed by atoms with E-state index in [9.17, 15) is 9.59 Å². The highest BCUT2D eigenvalue weighted by atomic mass is 35.5. The quantitative estimate of drug-likeness (QED) is 0.828. The number of fused-ring (bicyclic) bond motifs is 1. The Morgan fingerprint density at radius 2 is 1.70 bits per heavy atom. The highest BCUT2D eigenvalue weighted by Crippen LogP contribution is 2.55. The number of benzene rings is 1. The van der Waals surface area contributed by atoms with Gasteiger partial charge in [0.1, 0.15) is 27.9 Å². The molecular formula is C17H19ClO5. The van der Waals surface area contributed by atoms with Gasteiger partial charge in [-0.25, -0.2) is 0 Å². The molecule has 1 unspecified atom stereocenters. The molecule has 0 aromatic heterocycles. The summed E-state index contributed by atoms with van der Waals surface area (Å²) in [4.78, 5) is 25.1. The first-order valence-corrected chi connectivity index (χ1v) is 7.94. The molecule has 1 saturated carbocycles. The first-order valence-electron chi connectivity index (χ1n) is 7.56. The van der Waals surface area contributed by atoms with E-state index in [4.69, 9.17) is 25.8 Å². The molecule has 1 aliphatic carbocycles. The van der Waals surface area contributed by atoms with Crippen LogP contribution in [0.25, 0.3) is 0 Å². The molecule has 3 atom stereocenters. The van der Waals surface area contributed by atoms with Crippen LogP contribution in [0.2, 0.25) is 5.02 Å². The van der Waals surface area contributed by atoms with Crippen molar-refractivity contribution in [3.63, 3.8) is 0 Å². The first kappa shape index (κ1) is 16.1. The molecule has 6 heteroatoms. The van der Waals surface area contributed by atoms with Crippen molar-refractivity contribution in [2.24, 2.45) is 11.8 Å². The van der Waals surface area contributed by atoms with Gasteiger partial charge < -0.3 is 14.2 Å². The standard InChI is InChI=1S/C17H19ClO5/c1-8-5-10(19)6-9(2)17(8)16(20)13-11(21-3)7-12(22-4)14(18)15(13)23-17/h7-9H,5-6H2,1-4H3/t8-,9?,17+/m1/s1. The summed E-state index contributed by atoms with van der Waals surface area (Å²) in [5.41, 5.74) is -0.731. The lowest BCUT2D eigenvalue weighted by molar-refractivity contribution is -0.129. The summed E-state index contributed by atoms with van der Waals surface area (Å²) in [5, 5.41) is 0.254. The summed E-state index contributed by atoms with van der Waals surface area (Å²) in [6, 6.07) is 1.59. The summed E-state index contributed by atoms with van der Waals surface area (Å²) < 4.78 is 16.7. The monoisotopic (exact) mass is 338 g/mol. The topological polar surface area (TPSA) is 61.8 Å². The van der Waals surface area contributed by atoms with Gasteiger partial charge in [0.05, 0.1) is 14.2 Å². The van der Waals surface area contributed by atoms with Crippen LogP contribution in [0.1, 0.15) is 37.0 Å². The van der Waals surface area contributed by atoms with Crippen molar-refractivity contribution >= 4 is 23.2 Å². The Hall–Kier alpha value is -1.75. The fraction of sp³-hybridized carbons (Fsp3) is 0.529. The molecule has 5 nitrogen and oxygen atoms in total. The van der Waals surface area contributed by atoms with Gasteiger partial charge in [-0.3, -0.25) is 9.59 Å². The molecule has 0 saturated heterocycles. The third kappa shape index (κ3) is 2.06. The Bertz CT molecular complexity index is 683. The van der Waals surface area contributed by atoms with Gasteiger partial charge in [0.2, 0.25) is 5.78 Å². The van der Waals surface area contributed by atoms with Crippen LogP contribution < -0.4 is 14.2 Å². The smallest absolute Gasteiger partial charge is 0.214 e. The van der Waals surface area contributed by atoms with Gasteiger partial charge in [0.25, 0.3) is 0 Å². The predicted molar refractivity (Wildman–Crippen MR) is 84.8 cm³/mol. The Morgan fingerprint density at radius 1 is 1.13 bits per heavy atom. The highest BCUT2D eigenvalue weighted by Gasteiger charge is 2.59. The number of carbonyl (C=O) groups is 2. The number of rotatable bonds is 2. The van der Waals surface area contributed by atoms with Crippen molar-refractivity contribution in [3.8, 4) is 17.2 Å². The SMILES string of the molecule is COc1cc(OC)c2c(c1Cl)O[C@]1(C2=O)C(C)CC(=O)C[C@H]1C. The summed E-state index contributed by atoms with van der Waals surface area (Å²) in [6.07, 6.45) is 0.641. The van der Waals surface area contributed by atoms with Gasteiger partial charge in [-0.05, 0) is 0 Å². The Kier molecular flexibility index (Phi) is 3.79. The number of hydrogen-bond donors (Lipinski definition) is 0. The van der Waals surface area contributed by atoms with E-state index in [2.05, 4.69) is 0 Å². The normalized spacial score (nSPS) is 29.4. The molecule has 3 rings (SSSR count). The van der Waals surface area contributed by atoms with E-state index in [1.165, 1.54) is 14.2 Å². The number of carbonyl (C=O) groups excluding carboxylic acids is 2. The van der Waals surface area contributed by atoms with Gasteiger partial charge in [-0.1, -0.05) is 25.4 Å². The van der Waals surface area contributed by atoms with E-state index >= 15 is 0 Å². The number of ether oxygens (including phenoxy) is 3. The van der Waals surface area contributed by atoms with E-state index in [-0.39, 0.29) is 28.4 Å². The van der Waals surface area contributed by atoms with Gasteiger partial charge in [0, 0.05) is 30.7 Å². The fourth-order valence-electron chi connectivity index (χ4n) is 3.82. The largest absolute Gasteiger partial charge is 0.496 e. The maximum absolute atomic E-state index is 13.2. The van der Waals surface area contributed by atoms with Crippen LogP contribution in [-0.2, 0) is 4.79 Å². The summed E-state index contributed by atoms with van der Waals surface area (Å²) >= 11 is 6.35. The predicted octanol–water partition coefficient (Wildman–Crippen LogP) is 3.31. The van der Waals surface area contributed by atoms with Crippen LogP contribution in [0.5, 0.6) is 17.2 Å². The zero-order valence-corrected chi connectivity index (χ0v) is 14.3. The molecule has 0 N–H and O–H groups in total. The van der Waals surface area contributed by atoms with Gasteiger partial charge >= 0.3 is 0 Å². The minimum absolute atomic E-state index is 0.152. The maximum atomic E-state index is 13.2. The van der Waals surface area contributed by atoms with Crippen molar-refractivity contribution in [1.82, 2.24) is 0 Å². The van der Waals surface area contributed by atoms with Crippen LogP contribution in [0.4, 0.5) is 0 Å². The molecule has 2 aliphatic rings. The van der Waals surface area contributed by atoms with Crippen molar-refractivity contribution in [1.29, 1.82) is 0 Å². The average Bonchev–Trinajstić information content (AvgIpc) is 2.82. The molecule has 23 heavy (non-hydrogen) atoms. The summed E-state index contributed by atoms with van der Waals surface area (Å²) in [7, 11) is 2.97. The van der Waals surface area contributed by atoms with Crippen LogP contribution in [0.3, 0.4) is 0 Å². The minimum atomic E-state index is -1.07. The molecule has 1 aromatic rings. The third-order valence-corrected chi connectivity index (χ3v) is 5.33. The van der Waals surface area contributed by atoms with E-state index in [0.717, 1.165) is 0 Å². The first-order chi connectivity index (χ1) is 10.9. The third-order valence-electron chi connectivity index (χ3n) is 4.98. The lowest BCUT2D eigenvalue weighted by atomic mass is 9.67. The second kappa shape index (κ2) is 5.41. The molecular weight excluding hydrogens is 320 g/mol. The Balaban J connectivity index is 2.19. The average molecular weight is 339 g/mol. The van der Waals surface area contributed by atoms with Gasteiger partial charge in [-0.2, -0.15) is 0 Å². The molecule has 0 amide bonds. The van der Waals surface area contributed by atoms with Crippen LogP contribution >= 0.6 is 11.6 Å². The second-order valence-electron chi connectivity index (χ2n) is 6.27. The van der Waals surface area contributed by atoms with Crippen molar-refractivity contribution in [3.05, 3.63) is 16.7 Å². The number of halogens is 1. The Labute approximate surface area is 139 Å². The summed E-state index contributed by atoms with van der Waals surface area (Å²) in [6.45, 7) is 3.74. The zero-order chi connectivity index (χ0) is 16.9. The van der Waals surface area contributed by atoms with Crippen LogP contribution in [-0.4, -0.2) is 31.4 Å². The van der Waals surface area contributed by atoms with Crippen LogP contribution in [0, 0.1) is 11.8 Å². The highest BCUT2D eigenvalue weighted by molar-refractivity contribution is 6.35. The molecule has 1 spiro atoms. The van der Waals surface area contributed by atoms with Crippen molar-refractivity contribution < 1.29 is 23.8 Å². The van der Waals surface area contributed by atoms with E-state index in [1.807, 2.05) is 13.8 Å². The van der Waals surface area contributed by atoms with Gasteiger partial charge in [0.15, 0.2) is 11.4 Å². The lowest BCUT2D eigenvalue weighted by Gasteiger charge is -2.41. The Morgan fingerprint density at radius 3 is 2.22 bits per heavy atom. The minimum Gasteiger partial charge on any atom is -0.496 e. The van der Waals surface area contributed by atoms with Crippen LogP contribution in [0.15, 0.2) is 6.07 Å². The van der Waals surface area contributed by atoms with Crippen molar-refractivity contribution in [2.45, 2.75) is 32.3 Å². The molecule has 0 bridgehead atoms. The molecule has 1 aromatic carbocycles. The van der Waals surface area contributed by atoms with E-state index in [0.29, 0.717) is 35.7 Å². The number of methoxy groups -OCH3 is 2. The molecule has 1 aliphatic heterocycles. The molecule has 124 valence electrons. The zero-order valence-electron chi connectivity index (χ0n) is 13.6. The molecule has 0 radical (unpaired) electrons. The molecule has 1 heterocycles. The molecule has 1 fully saturated rings.